The maximum atomic E-state index is 9.09. The zero-order valence-electron chi connectivity index (χ0n) is 31.7. The van der Waals surface area contributed by atoms with Gasteiger partial charge in [-0.2, -0.15) is 0 Å². The molecule has 0 radical (unpaired) electrons. The third kappa shape index (κ3) is 10.7. The van der Waals surface area contributed by atoms with E-state index in [1.165, 1.54) is 19.3 Å². The van der Waals surface area contributed by atoms with Gasteiger partial charge in [-0.05, 0) is 160 Å². The van der Waals surface area contributed by atoms with E-state index in [0.29, 0.717) is 75.0 Å². The van der Waals surface area contributed by atoms with Gasteiger partial charge in [0.1, 0.15) is 0 Å². The molecular weight excluding hydrogens is 648 g/mol. The highest BCUT2D eigenvalue weighted by Gasteiger charge is 2.66. The van der Waals surface area contributed by atoms with Crippen LogP contribution in [0.1, 0.15) is 111 Å². The minimum absolute atomic E-state index is 0.0236. The number of fused-ring (bicyclic) bond motifs is 5. The van der Waals surface area contributed by atoms with Gasteiger partial charge in [0.15, 0.2) is 0 Å². The molecule has 14 heteroatoms. The average molecular weight is 715 g/mol. The molecule has 51 heavy (non-hydrogen) atoms. The van der Waals surface area contributed by atoms with E-state index in [-0.39, 0.29) is 35.7 Å². The molecule has 0 aromatic heterocycles. The zero-order chi connectivity index (χ0) is 36.5. The lowest BCUT2D eigenvalue weighted by molar-refractivity contribution is -0.227. The largest absolute Gasteiger partial charge is 0.396 e. The van der Waals surface area contributed by atoms with Crippen LogP contribution in [-0.4, -0.2) is 82.6 Å². The van der Waals surface area contributed by atoms with Crippen LogP contribution in [0.4, 0.5) is 0 Å². The van der Waals surface area contributed by atoms with Crippen LogP contribution in [0, 0.1) is 46.3 Å². The summed E-state index contributed by atoms with van der Waals surface area (Å²) in [6.07, 6.45) is 14.5. The van der Waals surface area contributed by atoms with E-state index in [2.05, 4.69) is 56.2 Å². The molecule has 4 rings (SSSR count). The lowest BCUT2D eigenvalue weighted by atomic mass is 9.43. The van der Waals surface area contributed by atoms with E-state index in [4.69, 9.17) is 35.9 Å². The molecule has 0 aromatic rings. The van der Waals surface area contributed by atoms with Gasteiger partial charge in [-0.1, -0.05) is 36.1 Å². The van der Waals surface area contributed by atoms with Crippen molar-refractivity contribution >= 4 is 0 Å². The van der Waals surface area contributed by atoms with Gasteiger partial charge in [-0.3, -0.25) is 0 Å². The van der Waals surface area contributed by atoms with Gasteiger partial charge in [0.05, 0.1) is 18.3 Å². The van der Waals surface area contributed by atoms with Crippen molar-refractivity contribution in [1.82, 2.24) is 5.32 Å². The predicted molar refractivity (Wildman–Crippen MR) is 199 cm³/mol. The van der Waals surface area contributed by atoms with Crippen molar-refractivity contribution in [3.05, 3.63) is 31.3 Å². The Morgan fingerprint density at radius 1 is 0.765 bits per heavy atom. The number of unbranched alkanes of at least 4 members (excludes halogenated alkanes) is 1. The summed E-state index contributed by atoms with van der Waals surface area (Å²) < 4.78 is 20.3. The van der Waals surface area contributed by atoms with Crippen LogP contribution in [0.5, 0.6) is 0 Å². The summed E-state index contributed by atoms with van der Waals surface area (Å²) in [4.78, 5) is 8.78. The van der Waals surface area contributed by atoms with Crippen molar-refractivity contribution in [2.45, 2.75) is 129 Å². The number of azide groups is 3. The van der Waals surface area contributed by atoms with E-state index in [1.807, 2.05) is 0 Å². The summed E-state index contributed by atoms with van der Waals surface area (Å²) in [6, 6.07) is 0. The van der Waals surface area contributed by atoms with Crippen molar-refractivity contribution in [2.75, 3.05) is 59.2 Å². The van der Waals surface area contributed by atoms with Gasteiger partial charge in [0, 0.05) is 66.2 Å². The molecule has 288 valence electrons. The molecule has 11 atom stereocenters. The summed E-state index contributed by atoms with van der Waals surface area (Å²) in [6.45, 7) is 13.0. The standard InChI is InChI=1S/C37H66N10O4/c1-27(10-6-16-41-15-4-5-20-48)30-11-12-31-35-32(26-34(37(30,31)3)51-23-9-19-44-47-40)36(2)14-13-29(49-21-7-17-42-45-38)24-28(36)25-33(35)50-22-8-18-43-46-39/h27-35,41,48H,4-26H2,1-3H3/t27-,28+,29-,30?,31+,32+,33-,34+,35+,36+,37-/m1/s1. The van der Waals surface area contributed by atoms with Crippen LogP contribution in [0.3, 0.4) is 0 Å². The Bertz CT molecular complexity index is 1190. The molecule has 0 bridgehead atoms. The number of hydrogen-bond acceptors (Lipinski definition) is 8. The van der Waals surface area contributed by atoms with Crippen LogP contribution < -0.4 is 5.32 Å². The van der Waals surface area contributed by atoms with Gasteiger partial charge < -0.3 is 24.6 Å². The van der Waals surface area contributed by atoms with Crippen LogP contribution >= 0.6 is 0 Å². The molecule has 4 aliphatic rings. The molecule has 14 nitrogen and oxygen atoms in total. The fraction of sp³-hybridized carbons (Fsp3) is 1.00. The quantitative estimate of drug-likeness (QED) is 0.0433. The third-order valence-electron chi connectivity index (χ3n) is 13.6. The van der Waals surface area contributed by atoms with Crippen LogP contribution in [0.25, 0.3) is 31.3 Å². The van der Waals surface area contributed by atoms with Crippen LogP contribution in [-0.2, 0) is 14.2 Å². The predicted octanol–water partition coefficient (Wildman–Crippen LogP) is 8.90. The van der Waals surface area contributed by atoms with Crippen molar-refractivity contribution < 1.29 is 19.3 Å². The van der Waals surface area contributed by atoms with E-state index < -0.39 is 0 Å². The first-order valence-electron chi connectivity index (χ1n) is 20.0. The second-order valence-corrected chi connectivity index (χ2v) is 16.3. The van der Waals surface area contributed by atoms with Crippen molar-refractivity contribution in [3.8, 4) is 0 Å². The fourth-order valence-electron chi connectivity index (χ4n) is 11.1. The summed E-state index contributed by atoms with van der Waals surface area (Å²) in [5, 5.41) is 23.9. The van der Waals surface area contributed by atoms with Gasteiger partial charge >= 0.3 is 0 Å². The maximum absolute atomic E-state index is 9.09. The summed E-state index contributed by atoms with van der Waals surface area (Å²) in [7, 11) is 0. The van der Waals surface area contributed by atoms with Gasteiger partial charge in [0.25, 0.3) is 0 Å². The van der Waals surface area contributed by atoms with Crippen LogP contribution in [0.2, 0.25) is 0 Å². The van der Waals surface area contributed by atoms with E-state index >= 15 is 0 Å². The number of rotatable bonds is 24. The SMILES string of the molecule is C[C@H](CCCNCCCCO)C1CC[C@H]2[C@@H]3[C@H](OCCCN=[N+]=[N-])C[C@@H]4C[C@H](OCCCN=[N+]=[N-])CC[C@]4(C)[C@H]3C[C@H](OCCCN=[N+]=[N-])[C@]12C. The van der Waals surface area contributed by atoms with Crippen molar-refractivity contribution in [1.29, 1.82) is 0 Å². The lowest BCUT2D eigenvalue weighted by Gasteiger charge is -2.65. The minimum atomic E-state index is 0.0236. The second kappa shape index (κ2) is 21.4. The fourth-order valence-corrected chi connectivity index (χ4v) is 11.1. The van der Waals surface area contributed by atoms with Gasteiger partial charge in [-0.15, -0.1) is 0 Å². The van der Waals surface area contributed by atoms with Gasteiger partial charge in [-0.25, -0.2) is 0 Å². The third-order valence-corrected chi connectivity index (χ3v) is 13.6. The minimum Gasteiger partial charge on any atom is -0.396 e. The Labute approximate surface area is 305 Å². The smallest absolute Gasteiger partial charge is 0.0637 e. The summed E-state index contributed by atoms with van der Waals surface area (Å²) in [5.74, 6) is 3.04. The maximum Gasteiger partial charge on any atom is 0.0637 e. The van der Waals surface area contributed by atoms with Crippen LogP contribution in [0.15, 0.2) is 15.3 Å². The molecule has 4 saturated carbocycles. The molecule has 4 aliphatic carbocycles. The Balaban J connectivity index is 1.55. The number of aliphatic hydroxyl groups excluding tert-OH is 1. The molecule has 1 unspecified atom stereocenters. The van der Waals surface area contributed by atoms with E-state index in [1.54, 1.807) is 0 Å². The highest BCUT2D eigenvalue weighted by molar-refractivity contribution is 5.15. The Morgan fingerprint density at radius 3 is 2.08 bits per heavy atom. The Kier molecular flexibility index (Phi) is 17.4. The van der Waals surface area contributed by atoms with Gasteiger partial charge in [0.2, 0.25) is 0 Å². The molecular formula is C37H66N10O4. The topological polar surface area (TPSA) is 206 Å². The first-order chi connectivity index (χ1) is 24.8. The Hall–Kier alpha value is -2.27. The summed E-state index contributed by atoms with van der Waals surface area (Å²) in [5.41, 5.74) is 26.5. The Morgan fingerprint density at radius 2 is 1.41 bits per heavy atom. The first-order valence-corrected chi connectivity index (χ1v) is 20.0. The molecule has 0 aromatic carbocycles. The summed E-state index contributed by atoms with van der Waals surface area (Å²) >= 11 is 0. The normalized spacial score (nSPS) is 34.6. The highest BCUT2D eigenvalue weighted by atomic mass is 16.5. The molecule has 0 aliphatic heterocycles. The molecule has 0 amide bonds. The number of aliphatic hydroxyl groups is 1. The average Bonchev–Trinajstić information content (AvgIpc) is 3.49. The number of hydrogen-bond donors (Lipinski definition) is 2. The number of nitrogens with one attached hydrogen (secondary N) is 1. The van der Waals surface area contributed by atoms with Crippen molar-refractivity contribution in [2.24, 2.45) is 61.7 Å². The first kappa shape index (κ1) is 41.5. The van der Waals surface area contributed by atoms with Crippen molar-refractivity contribution in [3.63, 3.8) is 0 Å². The molecule has 0 heterocycles. The van der Waals surface area contributed by atoms with E-state index in [9.17, 15) is 0 Å². The molecule has 2 N–H and O–H groups in total. The number of ether oxygens (including phenoxy) is 3. The molecule has 0 spiro atoms. The highest BCUT2D eigenvalue weighted by Crippen LogP contribution is 2.69. The van der Waals surface area contributed by atoms with E-state index in [0.717, 1.165) is 83.7 Å². The number of nitrogens with zero attached hydrogens (tertiary/aromatic N) is 9. The monoisotopic (exact) mass is 715 g/mol. The second-order valence-electron chi connectivity index (χ2n) is 16.3. The lowest BCUT2D eigenvalue weighted by Crippen LogP contribution is -2.63. The molecule has 4 fully saturated rings. The zero-order valence-corrected chi connectivity index (χ0v) is 31.7. The molecule has 0 saturated heterocycles.